The molecule has 1 amide bonds. The molecule has 0 spiro atoms. The number of hydrogen-bond acceptors (Lipinski definition) is 7. The van der Waals surface area contributed by atoms with Crippen LogP contribution in [0.25, 0.3) is 11.1 Å². The van der Waals surface area contributed by atoms with E-state index in [-0.39, 0.29) is 36.7 Å². The highest BCUT2D eigenvalue weighted by Gasteiger charge is 2.38. The number of esters is 1. The topological polar surface area (TPSA) is 97.3 Å². The first-order valence-electron chi connectivity index (χ1n) is 15.5. The number of aliphatic hydroxyl groups excluding tert-OH is 1. The van der Waals surface area contributed by atoms with Crippen LogP contribution in [0.4, 0.5) is 0 Å². The van der Waals surface area contributed by atoms with E-state index in [1.54, 1.807) is 0 Å². The molecule has 44 heavy (non-hydrogen) atoms. The molecular formula is C36H44N2O6. The molecule has 8 nitrogen and oxygen atoms in total. The van der Waals surface area contributed by atoms with Crippen molar-refractivity contribution in [2.24, 2.45) is 0 Å². The molecule has 2 saturated heterocycles. The summed E-state index contributed by atoms with van der Waals surface area (Å²) in [6, 6.07) is 23.8. The minimum absolute atomic E-state index is 0.0124. The van der Waals surface area contributed by atoms with Gasteiger partial charge in [0.15, 0.2) is 6.29 Å². The van der Waals surface area contributed by atoms with Gasteiger partial charge in [-0.25, -0.2) is 0 Å². The zero-order valence-corrected chi connectivity index (χ0v) is 26.1. The van der Waals surface area contributed by atoms with Gasteiger partial charge in [0.2, 0.25) is 5.91 Å². The standard InChI is InChI=1S/C36H44N2O6/c1-24(40)37-21-29-8-5-6-9-31(29)26-15-17-28(18-16-26)35-42-30(20-33(43-35)27-13-11-25(23-39)12-14-27)22-38-19-7-10-32(38)34(41)44-36(2,3)4/h5-6,8-9,11-18,30,32-33,35,39H,7,10,19-23H2,1-4H3,(H,37,40)/t30-,32-,33+,35+/m0/s1. The fraction of sp³-hybridized carbons (Fsp3) is 0.444. The lowest BCUT2D eigenvalue weighted by Crippen LogP contribution is -2.45. The second kappa shape index (κ2) is 14.0. The molecule has 3 aromatic carbocycles. The van der Waals surface area contributed by atoms with Gasteiger partial charge in [0.05, 0.1) is 18.8 Å². The van der Waals surface area contributed by atoms with Crippen LogP contribution in [-0.4, -0.2) is 52.7 Å². The van der Waals surface area contributed by atoms with Gasteiger partial charge in [-0.2, -0.15) is 0 Å². The molecule has 0 aliphatic carbocycles. The van der Waals surface area contributed by atoms with Gasteiger partial charge in [-0.15, -0.1) is 0 Å². The van der Waals surface area contributed by atoms with E-state index in [4.69, 9.17) is 14.2 Å². The molecule has 8 heteroatoms. The van der Waals surface area contributed by atoms with Crippen molar-refractivity contribution in [1.29, 1.82) is 0 Å². The first-order valence-corrected chi connectivity index (χ1v) is 15.5. The Hall–Kier alpha value is -3.56. The molecule has 0 radical (unpaired) electrons. The molecule has 2 aliphatic heterocycles. The van der Waals surface area contributed by atoms with Gasteiger partial charge in [0, 0.05) is 32.0 Å². The van der Waals surface area contributed by atoms with Crippen molar-refractivity contribution in [2.75, 3.05) is 13.1 Å². The van der Waals surface area contributed by atoms with E-state index in [0.29, 0.717) is 19.5 Å². The van der Waals surface area contributed by atoms with Crippen LogP contribution in [-0.2, 0) is 37.0 Å². The Morgan fingerprint density at radius 2 is 1.68 bits per heavy atom. The van der Waals surface area contributed by atoms with Gasteiger partial charge in [-0.3, -0.25) is 14.5 Å². The minimum Gasteiger partial charge on any atom is -0.459 e. The second-order valence-electron chi connectivity index (χ2n) is 12.7. The van der Waals surface area contributed by atoms with Crippen molar-refractivity contribution >= 4 is 11.9 Å². The van der Waals surface area contributed by atoms with Crippen molar-refractivity contribution in [1.82, 2.24) is 10.2 Å². The summed E-state index contributed by atoms with van der Waals surface area (Å²) in [7, 11) is 0. The zero-order valence-electron chi connectivity index (χ0n) is 26.1. The summed E-state index contributed by atoms with van der Waals surface area (Å²) in [4.78, 5) is 26.7. The lowest BCUT2D eigenvalue weighted by molar-refractivity contribution is -0.253. The highest BCUT2D eigenvalue weighted by atomic mass is 16.7. The molecule has 5 rings (SSSR count). The van der Waals surface area contributed by atoms with Crippen molar-refractivity contribution in [3.8, 4) is 11.1 Å². The van der Waals surface area contributed by atoms with Gasteiger partial charge >= 0.3 is 5.97 Å². The predicted octanol–water partition coefficient (Wildman–Crippen LogP) is 5.83. The molecule has 0 saturated carbocycles. The minimum atomic E-state index is -0.595. The summed E-state index contributed by atoms with van der Waals surface area (Å²) < 4.78 is 18.9. The molecule has 2 heterocycles. The van der Waals surface area contributed by atoms with Crippen LogP contribution in [0.3, 0.4) is 0 Å². The summed E-state index contributed by atoms with van der Waals surface area (Å²) in [6.07, 6.45) is 1.37. The molecule has 3 aromatic rings. The van der Waals surface area contributed by atoms with E-state index in [2.05, 4.69) is 28.4 Å². The zero-order chi connectivity index (χ0) is 31.3. The summed E-state index contributed by atoms with van der Waals surface area (Å²) >= 11 is 0. The van der Waals surface area contributed by atoms with Crippen molar-refractivity contribution in [3.05, 3.63) is 95.1 Å². The van der Waals surface area contributed by atoms with Gasteiger partial charge in [0.1, 0.15) is 11.6 Å². The largest absolute Gasteiger partial charge is 0.459 e. The van der Waals surface area contributed by atoms with Gasteiger partial charge in [0.25, 0.3) is 0 Å². The van der Waals surface area contributed by atoms with E-state index in [1.807, 2.05) is 75.4 Å². The Balaban J connectivity index is 1.36. The SMILES string of the molecule is CC(=O)NCc1ccccc1-c1ccc([C@@H]2O[C@H](CN3CCC[C@H]3C(=O)OC(C)(C)C)C[C@H](c3ccc(CO)cc3)O2)cc1. The number of ether oxygens (including phenoxy) is 3. The maximum Gasteiger partial charge on any atom is 0.323 e. The van der Waals surface area contributed by atoms with Crippen LogP contribution >= 0.6 is 0 Å². The average Bonchev–Trinajstić information content (AvgIpc) is 3.47. The highest BCUT2D eigenvalue weighted by molar-refractivity contribution is 5.76. The number of benzene rings is 3. The summed E-state index contributed by atoms with van der Waals surface area (Å²) in [5.41, 5.74) is 5.37. The van der Waals surface area contributed by atoms with Crippen LogP contribution in [0.5, 0.6) is 0 Å². The van der Waals surface area contributed by atoms with Crippen LogP contribution < -0.4 is 5.32 Å². The second-order valence-corrected chi connectivity index (χ2v) is 12.7. The lowest BCUT2D eigenvalue weighted by Gasteiger charge is -2.38. The number of hydrogen-bond donors (Lipinski definition) is 2. The molecule has 0 unspecified atom stereocenters. The van der Waals surface area contributed by atoms with Crippen LogP contribution in [0.15, 0.2) is 72.8 Å². The normalized spacial score (nSPS) is 22.5. The summed E-state index contributed by atoms with van der Waals surface area (Å²) in [6.45, 7) is 9.08. The fourth-order valence-electron chi connectivity index (χ4n) is 5.97. The van der Waals surface area contributed by atoms with E-state index in [9.17, 15) is 14.7 Å². The monoisotopic (exact) mass is 600 g/mol. The van der Waals surface area contributed by atoms with Gasteiger partial charge in [-0.05, 0) is 68.0 Å². The molecule has 0 bridgehead atoms. The molecule has 234 valence electrons. The van der Waals surface area contributed by atoms with Crippen LogP contribution in [0.1, 0.15) is 81.6 Å². The van der Waals surface area contributed by atoms with Crippen molar-refractivity contribution < 1.29 is 28.9 Å². The van der Waals surface area contributed by atoms with Crippen LogP contribution in [0.2, 0.25) is 0 Å². The van der Waals surface area contributed by atoms with E-state index in [0.717, 1.165) is 52.8 Å². The number of amides is 1. The number of nitrogens with one attached hydrogen (secondary N) is 1. The summed E-state index contributed by atoms with van der Waals surface area (Å²) in [5, 5.41) is 12.4. The Morgan fingerprint density at radius 3 is 2.36 bits per heavy atom. The first kappa shape index (κ1) is 31.9. The predicted molar refractivity (Wildman–Crippen MR) is 168 cm³/mol. The Kier molecular flexibility index (Phi) is 10.2. The van der Waals surface area contributed by atoms with Gasteiger partial charge < -0.3 is 24.6 Å². The van der Waals surface area contributed by atoms with Crippen molar-refractivity contribution in [2.45, 2.75) is 90.2 Å². The smallest absolute Gasteiger partial charge is 0.323 e. The van der Waals surface area contributed by atoms with E-state index in [1.165, 1.54) is 6.92 Å². The number of likely N-dealkylation sites (tertiary alicyclic amines) is 1. The van der Waals surface area contributed by atoms with Crippen molar-refractivity contribution in [3.63, 3.8) is 0 Å². The molecule has 2 fully saturated rings. The number of rotatable bonds is 9. The fourth-order valence-corrected chi connectivity index (χ4v) is 5.97. The Bertz CT molecular complexity index is 1420. The number of aliphatic hydroxyl groups is 1. The van der Waals surface area contributed by atoms with Crippen LogP contribution in [0, 0.1) is 0 Å². The third-order valence-corrected chi connectivity index (χ3v) is 8.13. The lowest BCUT2D eigenvalue weighted by atomic mass is 9.97. The average molecular weight is 601 g/mol. The molecular weight excluding hydrogens is 556 g/mol. The Morgan fingerprint density at radius 1 is 0.977 bits per heavy atom. The first-order chi connectivity index (χ1) is 21.1. The number of nitrogens with zero attached hydrogens (tertiary/aromatic N) is 1. The number of carbonyl (C=O) groups excluding carboxylic acids is 2. The highest BCUT2D eigenvalue weighted by Crippen LogP contribution is 2.39. The third-order valence-electron chi connectivity index (χ3n) is 8.13. The summed E-state index contributed by atoms with van der Waals surface area (Å²) in [5.74, 6) is -0.243. The third kappa shape index (κ3) is 8.12. The molecule has 0 aromatic heterocycles. The quantitative estimate of drug-likeness (QED) is 0.298. The molecule has 2 N–H and O–H groups in total. The maximum atomic E-state index is 13.0. The van der Waals surface area contributed by atoms with Gasteiger partial charge in [-0.1, -0.05) is 72.8 Å². The number of carbonyl (C=O) groups is 2. The Labute approximate surface area is 260 Å². The van der Waals surface area contributed by atoms with E-state index < -0.39 is 11.9 Å². The van der Waals surface area contributed by atoms with E-state index >= 15 is 0 Å². The maximum absolute atomic E-state index is 13.0. The molecule has 4 atom stereocenters. The molecule has 2 aliphatic rings.